The molecule has 1 aromatic heterocycles. The molecule has 0 fully saturated rings. The molecule has 114 valence electrons. The van der Waals surface area contributed by atoms with Gasteiger partial charge >= 0.3 is 5.51 Å². The van der Waals surface area contributed by atoms with Crippen LogP contribution in [-0.2, 0) is 6.54 Å². The van der Waals surface area contributed by atoms with Crippen LogP contribution in [0, 0.1) is 0 Å². The molecule has 0 saturated carbocycles. The first-order chi connectivity index (χ1) is 9.76. The van der Waals surface area contributed by atoms with Gasteiger partial charge in [-0.2, -0.15) is 13.2 Å². The van der Waals surface area contributed by atoms with E-state index < -0.39 is 5.51 Å². The summed E-state index contributed by atoms with van der Waals surface area (Å²) in [7, 11) is 4.13. The van der Waals surface area contributed by atoms with Crippen LogP contribution in [0.25, 0.3) is 0 Å². The Morgan fingerprint density at radius 1 is 1.24 bits per heavy atom. The highest BCUT2D eigenvalue weighted by Crippen LogP contribution is 2.37. The Morgan fingerprint density at radius 3 is 2.33 bits per heavy atom. The van der Waals surface area contributed by atoms with Gasteiger partial charge in [-0.3, -0.25) is 4.79 Å². The molecule has 0 bridgehead atoms. The second kappa shape index (κ2) is 6.60. The summed E-state index contributed by atoms with van der Waals surface area (Å²) < 4.78 is 36.5. The van der Waals surface area contributed by atoms with Crippen molar-refractivity contribution in [2.45, 2.75) is 16.9 Å². The molecule has 1 aromatic carbocycles. The average Bonchev–Trinajstić information content (AvgIpc) is 2.71. The topological polar surface area (TPSA) is 20.3 Å². The molecule has 0 unspecified atom stereocenters. The van der Waals surface area contributed by atoms with Crippen LogP contribution in [0.1, 0.15) is 5.56 Å². The van der Waals surface area contributed by atoms with Gasteiger partial charge in [-0.15, -0.1) is 0 Å². The number of benzene rings is 1. The number of anilines is 1. The molecule has 21 heavy (non-hydrogen) atoms. The second-order valence-corrected chi connectivity index (χ2v) is 7.73. The second-order valence-electron chi connectivity index (χ2n) is 4.12. The minimum absolute atomic E-state index is 0.142. The van der Waals surface area contributed by atoms with Gasteiger partial charge in [0.15, 0.2) is 0 Å². The van der Waals surface area contributed by atoms with Gasteiger partial charge in [0.1, 0.15) is 10.0 Å². The molecule has 0 atom stereocenters. The Balaban J connectivity index is 2.06. The van der Waals surface area contributed by atoms with Crippen molar-refractivity contribution in [1.29, 1.82) is 0 Å². The molecular formula is C12H9ClF3NOS3. The van der Waals surface area contributed by atoms with Crippen molar-refractivity contribution in [3.63, 3.8) is 0 Å². The summed E-state index contributed by atoms with van der Waals surface area (Å²) in [6.45, 7) is 0.462. The number of rotatable bonds is 4. The lowest BCUT2D eigenvalue weighted by atomic mass is 10.2. The normalized spacial score (nSPS) is 11.7. The van der Waals surface area contributed by atoms with E-state index in [2.05, 4.69) is 0 Å². The third-order valence-electron chi connectivity index (χ3n) is 2.49. The Morgan fingerprint density at radius 2 is 1.86 bits per heavy atom. The Kier molecular flexibility index (Phi) is 5.24. The van der Waals surface area contributed by atoms with Crippen LogP contribution in [0.4, 0.5) is 18.2 Å². The fraction of sp³-hybridized carbons (Fsp3) is 0.250. The molecule has 0 aliphatic heterocycles. The summed E-state index contributed by atoms with van der Waals surface area (Å²) >= 11 is 5.76. The van der Waals surface area contributed by atoms with Crippen LogP contribution in [0.15, 0.2) is 34.0 Å². The van der Waals surface area contributed by atoms with E-state index in [1.807, 2.05) is 0 Å². The standard InChI is InChI=1S/C12H9ClF3NOS3/c1-17(10-9(13)11(18)21-20-10)6-7-2-4-8(5-3-7)19-12(14,15)16/h2-5H,6H2,1H3. The fourth-order valence-electron chi connectivity index (χ4n) is 1.61. The predicted octanol–water partition coefficient (Wildman–Crippen LogP) is 5.07. The van der Waals surface area contributed by atoms with Crippen molar-refractivity contribution >= 4 is 49.0 Å². The van der Waals surface area contributed by atoms with Crippen LogP contribution in [-0.4, -0.2) is 12.6 Å². The van der Waals surface area contributed by atoms with E-state index in [1.165, 1.54) is 22.5 Å². The molecule has 0 aliphatic carbocycles. The quantitative estimate of drug-likeness (QED) is 0.552. The minimum atomic E-state index is -4.28. The highest BCUT2D eigenvalue weighted by molar-refractivity contribution is 8.00. The molecule has 0 aliphatic rings. The Labute approximate surface area is 135 Å². The third kappa shape index (κ3) is 4.64. The monoisotopic (exact) mass is 371 g/mol. The number of halogens is 4. The van der Waals surface area contributed by atoms with Crippen molar-refractivity contribution in [2.75, 3.05) is 11.9 Å². The van der Waals surface area contributed by atoms with Crippen LogP contribution in [0.3, 0.4) is 0 Å². The molecule has 0 N–H and O–H groups in total. The van der Waals surface area contributed by atoms with E-state index in [4.69, 9.17) is 11.6 Å². The fourth-order valence-corrected chi connectivity index (χ4v) is 4.89. The summed E-state index contributed by atoms with van der Waals surface area (Å²) in [5.41, 5.74) is -3.44. The molecular weight excluding hydrogens is 363 g/mol. The van der Waals surface area contributed by atoms with E-state index in [9.17, 15) is 18.0 Å². The number of thioether (sulfide) groups is 1. The maximum atomic E-state index is 12.2. The van der Waals surface area contributed by atoms with Crippen LogP contribution in [0.5, 0.6) is 0 Å². The van der Waals surface area contributed by atoms with Gasteiger partial charge in [0.25, 0.3) is 4.74 Å². The summed E-state index contributed by atoms with van der Waals surface area (Å²) in [6, 6.07) is 6.12. The molecule has 2 aromatic rings. The van der Waals surface area contributed by atoms with Crippen LogP contribution >= 0.6 is 44.0 Å². The molecule has 2 rings (SSSR count). The van der Waals surface area contributed by atoms with Crippen molar-refractivity contribution in [1.82, 2.24) is 0 Å². The first-order valence-electron chi connectivity index (χ1n) is 5.61. The highest BCUT2D eigenvalue weighted by Gasteiger charge is 2.29. The maximum absolute atomic E-state index is 12.2. The van der Waals surface area contributed by atoms with Gasteiger partial charge in [0.05, 0.1) is 0 Å². The van der Waals surface area contributed by atoms with E-state index >= 15 is 0 Å². The van der Waals surface area contributed by atoms with Crippen LogP contribution in [0.2, 0.25) is 5.02 Å². The molecule has 0 amide bonds. The number of hydrogen-bond donors (Lipinski definition) is 0. The van der Waals surface area contributed by atoms with Gasteiger partial charge in [-0.1, -0.05) is 34.1 Å². The lowest BCUT2D eigenvalue weighted by Crippen LogP contribution is -2.16. The zero-order valence-corrected chi connectivity index (χ0v) is 13.8. The summed E-state index contributed by atoms with van der Waals surface area (Å²) in [6.07, 6.45) is 0. The SMILES string of the molecule is CN(Cc1ccc(SC(F)(F)F)cc1)c1ssc(=O)c1Cl. The summed E-state index contributed by atoms with van der Waals surface area (Å²) in [5.74, 6) is 0. The first kappa shape index (κ1) is 16.7. The summed E-state index contributed by atoms with van der Waals surface area (Å²) in [4.78, 5) is 13.3. The van der Waals surface area contributed by atoms with E-state index in [-0.39, 0.29) is 26.4 Å². The Bertz CT molecular complexity index is 666. The first-order valence-corrected chi connectivity index (χ1v) is 8.95. The van der Waals surface area contributed by atoms with Gasteiger partial charge in [-0.05, 0) is 39.8 Å². The molecule has 9 heteroatoms. The van der Waals surface area contributed by atoms with E-state index in [0.717, 1.165) is 15.9 Å². The minimum Gasteiger partial charge on any atom is -0.360 e. The van der Waals surface area contributed by atoms with Crippen molar-refractivity contribution in [2.24, 2.45) is 0 Å². The van der Waals surface area contributed by atoms with Gasteiger partial charge in [-0.25, -0.2) is 0 Å². The zero-order valence-electron chi connectivity index (χ0n) is 10.6. The smallest absolute Gasteiger partial charge is 0.360 e. The van der Waals surface area contributed by atoms with E-state index in [0.29, 0.717) is 11.5 Å². The number of alkyl halides is 3. The third-order valence-corrected chi connectivity index (χ3v) is 6.09. The van der Waals surface area contributed by atoms with Gasteiger partial charge in [0, 0.05) is 18.5 Å². The van der Waals surface area contributed by atoms with Gasteiger partial charge < -0.3 is 4.90 Å². The number of nitrogens with zero attached hydrogens (tertiary/aromatic N) is 1. The maximum Gasteiger partial charge on any atom is 0.446 e. The molecule has 0 radical (unpaired) electrons. The predicted molar refractivity (Wildman–Crippen MR) is 83.9 cm³/mol. The van der Waals surface area contributed by atoms with Gasteiger partial charge in [0.2, 0.25) is 0 Å². The average molecular weight is 372 g/mol. The Hall–Kier alpha value is -0.700. The molecule has 0 saturated heterocycles. The molecule has 1 heterocycles. The number of hydrogen-bond acceptors (Lipinski definition) is 5. The van der Waals surface area contributed by atoms with Crippen molar-refractivity contribution < 1.29 is 13.2 Å². The lowest BCUT2D eigenvalue weighted by Gasteiger charge is -2.17. The van der Waals surface area contributed by atoms with E-state index in [1.54, 1.807) is 24.1 Å². The van der Waals surface area contributed by atoms with Crippen molar-refractivity contribution in [3.05, 3.63) is 44.4 Å². The van der Waals surface area contributed by atoms with Crippen LogP contribution < -0.4 is 9.64 Å². The lowest BCUT2D eigenvalue weighted by molar-refractivity contribution is -0.0328. The summed E-state index contributed by atoms with van der Waals surface area (Å²) in [5, 5.41) is 0.858. The molecule has 0 spiro atoms. The highest BCUT2D eigenvalue weighted by atomic mass is 35.5. The largest absolute Gasteiger partial charge is 0.446 e. The van der Waals surface area contributed by atoms with Crippen molar-refractivity contribution in [3.8, 4) is 0 Å². The zero-order chi connectivity index (χ0) is 15.6. The molecule has 2 nitrogen and oxygen atoms in total.